The SMILES string of the molecule is Cc1nc(-c2nnn(C)c2Cn2nnc(CC3CCCC3)n2)ccc1O[C@@H]1COC[C@@H](C(=O)O)C1. The van der Waals surface area contributed by atoms with Gasteiger partial charge in [-0.3, -0.25) is 4.79 Å². The number of hydrogen-bond donors (Lipinski definition) is 1. The molecule has 1 saturated heterocycles. The highest BCUT2D eigenvalue weighted by molar-refractivity contribution is 5.70. The molecule has 0 spiro atoms. The highest BCUT2D eigenvalue weighted by atomic mass is 16.5. The van der Waals surface area contributed by atoms with E-state index in [9.17, 15) is 9.90 Å². The van der Waals surface area contributed by atoms with Gasteiger partial charge in [0.1, 0.15) is 24.1 Å². The lowest BCUT2D eigenvalue weighted by molar-refractivity contribution is -0.149. The van der Waals surface area contributed by atoms with Crippen LogP contribution in [0.5, 0.6) is 5.75 Å². The quantitative estimate of drug-likeness (QED) is 0.505. The number of ether oxygens (including phenoxy) is 2. The summed E-state index contributed by atoms with van der Waals surface area (Å²) in [5.41, 5.74) is 2.80. The first kappa shape index (κ1) is 23.3. The number of carbonyl (C=O) groups is 1. The number of carboxylic acid groups (broad SMARTS) is 1. The second-order valence-electron chi connectivity index (χ2n) is 9.43. The van der Waals surface area contributed by atoms with Crippen LogP contribution in [-0.2, 0) is 29.5 Å². The first-order valence-electron chi connectivity index (χ1n) is 12.1. The smallest absolute Gasteiger partial charge is 0.308 e. The first-order valence-corrected chi connectivity index (χ1v) is 12.1. The summed E-state index contributed by atoms with van der Waals surface area (Å²) >= 11 is 0. The van der Waals surface area contributed by atoms with Gasteiger partial charge in [0.05, 0.1) is 36.2 Å². The van der Waals surface area contributed by atoms with Crippen LogP contribution in [0.25, 0.3) is 11.4 Å². The van der Waals surface area contributed by atoms with E-state index in [1.807, 2.05) is 26.1 Å². The van der Waals surface area contributed by atoms with Crippen LogP contribution in [-0.4, -0.2) is 70.6 Å². The number of tetrazole rings is 1. The normalized spacial score (nSPS) is 20.9. The number of nitrogens with zero attached hydrogens (tertiary/aromatic N) is 8. The molecule has 2 aliphatic rings. The third-order valence-corrected chi connectivity index (χ3v) is 6.77. The van der Waals surface area contributed by atoms with Crippen LogP contribution in [0.2, 0.25) is 0 Å². The molecule has 3 aromatic heterocycles. The molecule has 35 heavy (non-hydrogen) atoms. The molecule has 5 rings (SSSR count). The third kappa shape index (κ3) is 5.31. The Morgan fingerprint density at radius 2 is 2.03 bits per heavy atom. The number of pyridine rings is 1. The van der Waals surface area contributed by atoms with Crippen molar-refractivity contribution in [3.05, 3.63) is 29.3 Å². The molecule has 1 aliphatic carbocycles. The minimum atomic E-state index is -0.869. The standard InChI is InChI=1S/C23H30N8O4/c1-14-20(35-17-10-16(23(32)33)12-34-13-17)8-7-18(24-14)22-19(30(2)28-26-22)11-31-27-21(25-29-31)9-15-5-3-4-6-15/h7-8,15-17H,3-6,9-13H2,1-2H3,(H,32,33)/t16-,17-/m0/s1. The second-order valence-corrected chi connectivity index (χ2v) is 9.43. The number of hydrogen-bond acceptors (Lipinski definition) is 9. The zero-order chi connectivity index (χ0) is 24.4. The highest BCUT2D eigenvalue weighted by Gasteiger charge is 2.29. The van der Waals surface area contributed by atoms with Crippen LogP contribution in [0.1, 0.15) is 49.3 Å². The van der Waals surface area contributed by atoms with Crippen molar-refractivity contribution in [2.45, 2.75) is 58.1 Å². The van der Waals surface area contributed by atoms with Gasteiger partial charge in [-0.15, -0.1) is 15.3 Å². The van der Waals surface area contributed by atoms with E-state index in [-0.39, 0.29) is 12.7 Å². The van der Waals surface area contributed by atoms with Gasteiger partial charge in [0.15, 0.2) is 5.82 Å². The zero-order valence-corrected chi connectivity index (χ0v) is 20.0. The molecular formula is C23H30N8O4. The molecule has 1 N–H and O–H groups in total. The summed E-state index contributed by atoms with van der Waals surface area (Å²) in [6.45, 7) is 2.80. The Bertz CT molecular complexity index is 1190. The molecule has 4 heterocycles. The Labute approximate surface area is 202 Å². The predicted molar refractivity (Wildman–Crippen MR) is 123 cm³/mol. The summed E-state index contributed by atoms with van der Waals surface area (Å²) in [7, 11) is 1.83. The van der Waals surface area contributed by atoms with E-state index in [0.29, 0.717) is 48.3 Å². The fourth-order valence-corrected chi connectivity index (χ4v) is 4.82. The second kappa shape index (κ2) is 10.1. The van der Waals surface area contributed by atoms with E-state index in [1.165, 1.54) is 25.7 Å². The van der Waals surface area contributed by atoms with Gasteiger partial charge in [-0.25, -0.2) is 9.67 Å². The molecule has 1 saturated carbocycles. The van der Waals surface area contributed by atoms with Gasteiger partial charge in [-0.1, -0.05) is 30.9 Å². The van der Waals surface area contributed by atoms with Crippen molar-refractivity contribution in [3.63, 3.8) is 0 Å². The maximum absolute atomic E-state index is 11.3. The Morgan fingerprint density at radius 3 is 2.80 bits per heavy atom. The van der Waals surface area contributed by atoms with Crippen molar-refractivity contribution in [2.24, 2.45) is 18.9 Å². The summed E-state index contributed by atoms with van der Waals surface area (Å²) in [4.78, 5) is 17.6. The molecule has 0 amide bonds. The van der Waals surface area contributed by atoms with Crippen LogP contribution < -0.4 is 4.74 Å². The molecule has 12 heteroatoms. The van der Waals surface area contributed by atoms with E-state index >= 15 is 0 Å². The fraction of sp³-hybridized carbons (Fsp3) is 0.609. The summed E-state index contributed by atoms with van der Waals surface area (Å²) < 4.78 is 13.1. The lowest BCUT2D eigenvalue weighted by Crippen LogP contribution is -2.37. The number of aromatic nitrogens is 8. The molecule has 0 bridgehead atoms. The average molecular weight is 483 g/mol. The van der Waals surface area contributed by atoms with Crippen LogP contribution >= 0.6 is 0 Å². The van der Waals surface area contributed by atoms with Gasteiger partial charge in [-0.05, 0) is 30.2 Å². The van der Waals surface area contributed by atoms with E-state index in [2.05, 4.69) is 30.7 Å². The maximum atomic E-state index is 11.3. The number of rotatable bonds is 8. The number of carboxylic acids is 1. The monoisotopic (exact) mass is 482 g/mol. The van der Waals surface area contributed by atoms with Crippen LogP contribution in [0.15, 0.2) is 12.1 Å². The molecule has 2 fully saturated rings. The topological polar surface area (TPSA) is 143 Å². The highest BCUT2D eigenvalue weighted by Crippen LogP contribution is 2.28. The number of aryl methyl sites for hydroxylation is 2. The van der Waals surface area contributed by atoms with Crippen molar-refractivity contribution in [1.82, 2.24) is 40.2 Å². The molecule has 0 aromatic carbocycles. The molecule has 0 unspecified atom stereocenters. The minimum Gasteiger partial charge on any atom is -0.486 e. The fourth-order valence-electron chi connectivity index (χ4n) is 4.82. The average Bonchev–Trinajstić information content (AvgIpc) is 3.59. The van der Waals surface area contributed by atoms with Gasteiger partial charge in [0.2, 0.25) is 0 Å². The van der Waals surface area contributed by atoms with Crippen molar-refractivity contribution >= 4 is 5.97 Å². The Hall–Kier alpha value is -3.41. The van der Waals surface area contributed by atoms with Crippen LogP contribution in [0.3, 0.4) is 0 Å². The lowest BCUT2D eigenvalue weighted by Gasteiger charge is -2.27. The summed E-state index contributed by atoms with van der Waals surface area (Å²) in [6.07, 6.45) is 6.00. The third-order valence-electron chi connectivity index (χ3n) is 6.77. The largest absolute Gasteiger partial charge is 0.486 e. The van der Waals surface area contributed by atoms with Gasteiger partial charge >= 0.3 is 5.97 Å². The van der Waals surface area contributed by atoms with Crippen molar-refractivity contribution in [1.29, 1.82) is 0 Å². The van der Waals surface area contributed by atoms with Gasteiger partial charge < -0.3 is 14.6 Å². The predicted octanol–water partition coefficient (Wildman–Crippen LogP) is 1.82. The molecule has 12 nitrogen and oxygen atoms in total. The first-order chi connectivity index (χ1) is 17.0. The molecule has 0 radical (unpaired) electrons. The Kier molecular flexibility index (Phi) is 6.71. The Balaban J connectivity index is 1.29. The molecule has 2 atom stereocenters. The van der Waals surface area contributed by atoms with Gasteiger partial charge in [-0.2, -0.15) is 4.80 Å². The summed E-state index contributed by atoms with van der Waals surface area (Å²) in [5, 5.41) is 30.8. The van der Waals surface area contributed by atoms with Crippen molar-refractivity contribution < 1.29 is 19.4 Å². The summed E-state index contributed by atoms with van der Waals surface area (Å²) in [5.74, 6) is 0.595. The summed E-state index contributed by atoms with van der Waals surface area (Å²) in [6, 6.07) is 3.66. The van der Waals surface area contributed by atoms with E-state index in [0.717, 1.165) is 17.9 Å². The van der Waals surface area contributed by atoms with E-state index < -0.39 is 11.9 Å². The lowest BCUT2D eigenvalue weighted by atomic mass is 10.0. The van der Waals surface area contributed by atoms with E-state index in [4.69, 9.17) is 9.47 Å². The molecular weight excluding hydrogens is 452 g/mol. The van der Waals surface area contributed by atoms with Crippen molar-refractivity contribution in [3.8, 4) is 17.1 Å². The molecule has 186 valence electrons. The van der Waals surface area contributed by atoms with Crippen LogP contribution in [0, 0.1) is 18.8 Å². The van der Waals surface area contributed by atoms with Gasteiger partial charge in [0.25, 0.3) is 0 Å². The number of aliphatic carboxylic acids is 1. The van der Waals surface area contributed by atoms with Crippen LogP contribution in [0.4, 0.5) is 0 Å². The van der Waals surface area contributed by atoms with Crippen molar-refractivity contribution in [2.75, 3.05) is 13.2 Å². The molecule has 1 aliphatic heterocycles. The van der Waals surface area contributed by atoms with E-state index in [1.54, 1.807) is 9.48 Å². The zero-order valence-electron chi connectivity index (χ0n) is 20.0. The Morgan fingerprint density at radius 1 is 1.20 bits per heavy atom. The van der Waals surface area contributed by atoms with Gasteiger partial charge in [0, 0.05) is 19.9 Å². The minimum absolute atomic E-state index is 0.212. The maximum Gasteiger partial charge on any atom is 0.308 e. The molecule has 3 aromatic rings.